The van der Waals surface area contributed by atoms with E-state index in [2.05, 4.69) is 5.10 Å². The Morgan fingerprint density at radius 1 is 1.31 bits per heavy atom. The Kier molecular flexibility index (Phi) is 3.82. The minimum atomic E-state index is -0.496. The van der Waals surface area contributed by atoms with E-state index >= 15 is 0 Å². The number of likely N-dealkylation sites (tertiary alicyclic amines) is 1. The first-order chi connectivity index (χ1) is 12.4. The minimum absolute atomic E-state index is 0.0599. The van der Waals surface area contributed by atoms with E-state index in [4.69, 9.17) is 0 Å². The van der Waals surface area contributed by atoms with E-state index in [-0.39, 0.29) is 30.1 Å². The quantitative estimate of drug-likeness (QED) is 0.827. The van der Waals surface area contributed by atoms with Crippen molar-refractivity contribution < 1.29 is 14.0 Å². The van der Waals surface area contributed by atoms with E-state index in [1.165, 1.54) is 6.07 Å². The summed E-state index contributed by atoms with van der Waals surface area (Å²) in [7, 11) is 3.57. The molecule has 3 heterocycles. The molecule has 1 fully saturated rings. The molecule has 2 aromatic rings. The first-order valence-corrected chi connectivity index (χ1v) is 8.73. The third-order valence-corrected chi connectivity index (χ3v) is 5.73. The lowest BCUT2D eigenvalue weighted by molar-refractivity contribution is -0.128. The van der Waals surface area contributed by atoms with Crippen LogP contribution in [0.5, 0.6) is 0 Å². The van der Waals surface area contributed by atoms with Crippen LogP contribution in [-0.2, 0) is 23.1 Å². The van der Waals surface area contributed by atoms with E-state index in [0.717, 1.165) is 11.3 Å². The summed E-state index contributed by atoms with van der Waals surface area (Å²) in [6, 6.07) is 4.46. The standard InChI is InChI=1S/C19H21FN4O2/c1-11-14(10-21-23(11)3)18-13(9-17(25)22(18)2)19(26)24-8-7-12-15(20)5-4-6-16(12)24/h4-6,10,13,18H,7-9H2,1-3H3/t13-,18-/m0/s1. The molecular formula is C19H21FN4O2. The van der Waals surface area contributed by atoms with E-state index < -0.39 is 5.92 Å². The van der Waals surface area contributed by atoms with Gasteiger partial charge in [0.15, 0.2) is 0 Å². The van der Waals surface area contributed by atoms with Gasteiger partial charge in [0.05, 0.1) is 18.2 Å². The lowest BCUT2D eigenvalue weighted by Gasteiger charge is -2.27. The number of halogens is 1. The largest absolute Gasteiger partial charge is 0.338 e. The monoisotopic (exact) mass is 356 g/mol. The number of aromatic nitrogens is 2. The van der Waals surface area contributed by atoms with Crippen LogP contribution in [0.1, 0.15) is 29.3 Å². The van der Waals surface area contributed by atoms with Crippen LogP contribution in [-0.4, -0.2) is 40.1 Å². The maximum Gasteiger partial charge on any atom is 0.233 e. The number of hydrogen-bond donors (Lipinski definition) is 0. The van der Waals surface area contributed by atoms with E-state index in [1.807, 2.05) is 14.0 Å². The molecule has 2 amide bonds. The molecule has 2 atom stereocenters. The molecule has 1 aromatic carbocycles. The van der Waals surface area contributed by atoms with Crippen molar-refractivity contribution in [3.05, 3.63) is 47.0 Å². The molecule has 0 saturated carbocycles. The van der Waals surface area contributed by atoms with Crippen LogP contribution in [0, 0.1) is 18.7 Å². The molecule has 0 bridgehead atoms. The Balaban J connectivity index is 1.70. The highest BCUT2D eigenvalue weighted by Gasteiger charge is 2.46. The highest BCUT2D eigenvalue weighted by molar-refractivity contribution is 6.01. The van der Waals surface area contributed by atoms with Gasteiger partial charge in [-0.15, -0.1) is 0 Å². The number of amides is 2. The van der Waals surface area contributed by atoms with Gasteiger partial charge in [-0.3, -0.25) is 14.3 Å². The molecule has 7 heteroatoms. The molecule has 2 aliphatic rings. The zero-order valence-electron chi connectivity index (χ0n) is 15.1. The zero-order chi connectivity index (χ0) is 18.6. The average molecular weight is 356 g/mol. The summed E-state index contributed by atoms with van der Waals surface area (Å²) in [4.78, 5) is 29.0. The molecule has 1 aromatic heterocycles. The van der Waals surface area contributed by atoms with Crippen LogP contribution in [0.3, 0.4) is 0 Å². The summed E-state index contributed by atoms with van der Waals surface area (Å²) >= 11 is 0. The number of carbonyl (C=O) groups excluding carboxylic acids is 2. The van der Waals surface area contributed by atoms with Crippen molar-refractivity contribution in [2.75, 3.05) is 18.5 Å². The molecular weight excluding hydrogens is 335 g/mol. The predicted molar refractivity (Wildman–Crippen MR) is 94.0 cm³/mol. The Morgan fingerprint density at radius 3 is 2.77 bits per heavy atom. The van der Waals surface area contributed by atoms with E-state index in [0.29, 0.717) is 24.2 Å². The van der Waals surface area contributed by atoms with Crippen LogP contribution >= 0.6 is 0 Å². The fourth-order valence-corrected chi connectivity index (χ4v) is 4.14. The fourth-order valence-electron chi connectivity index (χ4n) is 4.14. The first-order valence-electron chi connectivity index (χ1n) is 8.73. The summed E-state index contributed by atoms with van der Waals surface area (Å²) in [5.74, 6) is -0.961. The second-order valence-electron chi connectivity index (χ2n) is 7.05. The highest BCUT2D eigenvalue weighted by Crippen LogP contribution is 2.41. The van der Waals surface area contributed by atoms with Crippen molar-refractivity contribution >= 4 is 17.5 Å². The van der Waals surface area contributed by atoms with Gasteiger partial charge in [-0.25, -0.2) is 4.39 Å². The number of anilines is 1. The van der Waals surface area contributed by atoms with Crippen molar-refractivity contribution in [1.82, 2.24) is 14.7 Å². The van der Waals surface area contributed by atoms with Crippen LogP contribution < -0.4 is 4.90 Å². The maximum atomic E-state index is 14.0. The number of benzene rings is 1. The number of rotatable bonds is 2. The van der Waals surface area contributed by atoms with Gasteiger partial charge in [0.25, 0.3) is 0 Å². The average Bonchev–Trinajstić information content (AvgIpc) is 3.27. The first kappa shape index (κ1) is 16.8. The van der Waals surface area contributed by atoms with Gasteiger partial charge in [0.2, 0.25) is 11.8 Å². The van der Waals surface area contributed by atoms with E-state index in [9.17, 15) is 14.0 Å². The summed E-state index contributed by atoms with van der Waals surface area (Å²) in [6.45, 7) is 2.38. The molecule has 0 N–H and O–H groups in total. The normalized spacial score (nSPS) is 22.2. The van der Waals surface area contributed by atoms with E-state index in [1.54, 1.807) is 39.9 Å². The van der Waals surface area contributed by atoms with Gasteiger partial charge in [-0.05, 0) is 25.5 Å². The molecule has 1 saturated heterocycles. The molecule has 0 spiro atoms. The Bertz CT molecular complexity index is 907. The van der Waals surface area contributed by atoms with Crippen LogP contribution in [0.4, 0.5) is 10.1 Å². The SMILES string of the molecule is Cc1c([C@@H]2[C@@H](C(=O)N3CCc4c(F)cccc43)CC(=O)N2C)cnn1C. The third-order valence-electron chi connectivity index (χ3n) is 5.73. The lowest BCUT2D eigenvalue weighted by atomic mass is 9.92. The van der Waals surface area contributed by atoms with Crippen molar-refractivity contribution in [3.63, 3.8) is 0 Å². The lowest BCUT2D eigenvalue weighted by Crippen LogP contribution is -2.37. The Labute approximate surface area is 151 Å². The van der Waals surface area contributed by atoms with Gasteiger partial charge < -0.3 is 9.80 Å². The third kappa shape index (κ3) is 2.34. The van der Waals surface area contributed by atoms with Crippen LogP contribution in [0.2, 0.25) is 0 Å². The molecule has 0 radical (unpaired) electrons. The van der Waals surface area contributed by atoms with Gasteiger partial charge in [0.1, 0.15) is 5.82 Å². The number of carbonyl (C=O) groups is 2. The minimum Gasteiger partial charge on any atom is -0.338 e. The molecule has 26 heavy (non-hydrogen) atoms. The predicted octanol–water partition coefficient (Wildman–Crippen LogP) is 1.98. The van der Waals surface area contributed by atoms with Gasteiger partial charge in [0, 0.05) is 49.6 Å². The molecule has 0 unspecified atom stereocenters. The van der Waals surface area contributed by atoms with Crippen molar-refractivity contribution in [2.45, 2.75) is 25.8 Å². The number of aryl methyl sites for hydroxylation is 1. The maximum absolute atomic E-state index is 14.0. The van der Waals surface area contributed by atoms with Gasteiger partial charge in [-0.1, -0.05) is 6.07 Å². The molecule has 0 aliphatic carbocycles. The van der Waals surface area contributed by atoms with Crippen LogP contribution in [0.15, 0.2) is 24.4 Å². The topological polar surface area (TPSA) is 58.4 Å². The molecule has 4 rings (SSSR count). The number of fused-ring (bicyclic) bond motifs is 1. The zero-order valence-corrected chi connectivity index (χ0v) is 15.1. The van der Waals surface area contributed by atoms with Gasteiger partial charge in [-0.2, -0.15) is 5.10 Å². The molecule has 2 aliphatic heterocycles. The summed E-state index contributed by atoms with van der Waals surface area (Å²) in [5, 5.41) is 4.26. The number of nitrogens with zero attached hydrogens (tertiary/aromatic N) is 4. The summed E-state index contributed by atoms with van der Waals surface area (Å²) < 4.78 is 15.8. The van der Waals surface area contributed by atoms with Crippen molar-refractivity contribution in [3.8, 4) is 0 Å². The second-order valence-corrected chi connectivity index (χ2v) is 7.05. The van der Waals surface area contributed by atoms with Crippen molar-refractivity contribution in [2.24, 2.45) is 13.0 Å². The smallest absolute Gasteiger partial charge is 0.233 e. The number of hydrogen-bond acceptors (Lipinski definition) is 3. The van der Waals surface area contributed by atoms with Crippen molar-refractivity contribution in [1.29, 1.82) is 0 Å². The Hall–Kier alpha value is -2.70. The second kappa shape index (κ2) is 5.93. The highest BCUT2D eigenvalue weighted by atomic mass is 19.1. The fraction of sp³-hybridized carbons (Fsp3) is 0.421. The summed E-state index contributed by atoms with van der Waals surface area (Å²) in [5.41, 5.74) is 3.02. The Morgan fingerprint density at radius 2 is 2.08 bits per heavy atom. The van der Waals surface area contributed by atoms with Gasteiger partial charge >= 0.3 is 0 Å². The molecule has 6 nitrogen and oxygen atoms in total. The molecule has 136 valence electrons. The van der Waals surface area contributed by atoms with Crippen LogP contribution in [0.25, 0.3) is 0 Å². The summed E-state index contributed by atoms with van der Waals surface area (Å²) in [6.07, 6.45) is 2.39.